The van der Waals surface area contributed by atoms with Crippen LogP contribution >= 0.6 is 0 Å². The molecule has 0 saturated heterocycles. The molecule has 0 aromatic heterocycles. The molecule has 16 heavy (non-hydrogen) atoms. The van der Waals surface area contributed by atoms with Gasteiger partial charge in [0.1, 0.15) is 6.29 Å². The summed E-state index contributed by atoms with van der Waals surface area (Å²) in [6.45, 7) is 9.19. The first-order chi connectivity index (χ1) is 7.54. The van der Waals surface area contributed by atoms with Crippen LogP contribution in [0.5, 0.6) is 0 Å². The molecule has 0 aromatic carbocycles. The Morgan fingerprint density at radius 2 is 2.12 bits per heavy atom. The number of rotatable bonds is 1. The van der Waals surface area contributed by atoms with Crippen molar-refractivity contribution < 1.29 is 4.79 Å². The molecule has 88 valence electrons. The largest absolute Gasteiger partial charge is 0.303 e. The maximum atomic E-state index is 11.0. The van der Waals surface area contributed by atoms with E-state index in [-0.39, 0.29) is 0 Å². The van der Waals surface area contributed by atoms with E-state index in [0.29, 0.717) is 22.7 Å². The van der Waals surface area contributed by atoms with Crippen molar-refractivity contribution in [2.24, 2.45) is 28.6 Å². The zero-order valence-electron chi connectivity index (χ0n) is 10.5. The van der Waals surface area contributed by atoms with Crippen LogP contribution < -0.4 is 0 Å². The summed E-state index contributed by atoms with van der Waals surface area (Å²) >= 11 is 0. The lowest BCUT2D eigenvalue weighted by molar-refractivity contribution is -0.110. The van der Waals surface area contributed by atoms with Crippen molar-refractivity contribution in [2.45, 2.75) is 46.0 Å². The van der Waals surface area contributed by atoms with Gasteiger partial charge >= 0.3 is 0 Å². The molecule has 0 radical (unpaired) electrons. The summed E-state index contributed by atoms with van der Waals surface area (Å²) in [6, 6.07) is 0. The van der Waals surface area contributed by atoms with Gasteiger partial charge in [0.05, 0.1) is 0 Å². The molecule has 3 aliphatic rings. The van der Waals surface area contributed by atoms with Crippen molar-refractivity contribution in [2.75, 3.05) is 0 Å². The molecule has 2 bridgehead atoms. The summed E-state index contributed by atoms with van der Waals surface area (Å²) in [7, 11) is 0. The van der Waals surface area contributed by atoms with E-state index < -0.39 is 0 Å². The zero-order chi connectivity index (χ0) is 11.6. The topological polar surface area (TPSA) is 17.1 Å². The van der Waals surface area contributed by atoms with Gasteiger partial charge in [0.25, 0.3) is 0 Å². The van der Waals surface area contributed by atoms with Crippen molar-refractivity contribution in [1.29, 1.82) is 0 Å². The van der Waals surface area contributed by atoms with Crippen LogP contribution in [-0.4, -0.2) is 6.29 Å². The Morgan fingerprint density at radius 1 is 1.38 bits per heavy atom. The fraction of sp³-hybridized carbons (Fsp3) is 0.800. The Hall–Kier alpha value is -0.590. The van der Waals surface area contributed by atoms with Crippen molar-refractivity contribution in [1.82, 2.24) is 0 Å². The highest BCUT2D eigenvalue weighted by molar-refractivity contribution is 5.61. The highest BCUT2D eigenvalue weighted by Gasteiger charge is 2.64. The van der Waals surface area contributed by atoms with Crippen LogP contribution in [0.25, 0.3) is 0 Å². The average molecular weight is 218 g/mol. The summed E-state index contributed by atoms with van der Waals surface area (Å²) in [6.07, 6.45) is 7.47. The van der Waals surface area contributed by atoms with Crippen LogP contribution in [0.3, 0.4) is 0 Å². The first kappa shape index (κ1) is 10.6. The third-order valence-electron chi connectivity index (χ3n) is 6.28. The Balaban J connectivity index is 1.94. The van der Waals surface area contributed by atoms with E-state index in [1.54, 1.807) is 0 Å². The van der Waals surface area contributed by atoms with E-state index in [1.807, 2.05) is 0 Å². The fourth-order valence-electron chi connectivity index (χ4n) is 4.55. The van der Waals surface area contributed by atoms with Crippen molar-refractivity contribution >= 4 is 6.29 Å². The molecule has 1 nitrogen and oxygen atoms in total. The average Bonchev–Trinajstić information content (AvgIpc) is 2.97. The van der Waals surface area contributed by atoms with Crippen LogP contribution in [0.2, 0.25) is 0 Å². The summed E-state index contributed by atoms with van der Waals surface area (Å²) in [5.74, 6) is 1.78. The van der Waals surface area contributed by atoms with Crippen molar-refractivity contribution in [3.63, 3.8) is 0 Å². The minimum atomic E-state index is 0.354. The summed E-state index contributed by atoms with van der Waals surface area (Å²) in [5, 5.41) is 0. The lowest BCUT2D eigenvalue weighted by Gasteiger charge is -2.53. The Morgan fingerprint density at radius 3 is 2.75 bits per heavy atom. The third kappa shape index (κ3) is 1.05. The van der Waals surface area contributed by atoms with Gasteiger partial charge in [0.15, 0.2) is 0 Å². The first-order valence-corrected chi connectivity index (χ1v) is 6.69. The lowest BCUT2D eigenvalue weighted by atomic mass is 9.51. The van der Waals surface area contributed by atoms with E-state index in [0.717, 1.165) is 12.3 Å². The Labute approximate surface area is 98.3 Å². The van der Waals surface area contributed by atoms with Crippen molar-refractivity contribution in [3.8, 4) is 0 Å². The predicted molar refractivity (Wildman–Crippen MR) is 65.0 cm³/mol. The van der Waals surface area contributed by atoms with Crippen LogP contribution in [0.1, 0.15) is 46.0 Å². The standard InChI is InChI=1S/C15H22O/c1-10-4-5-13-11(2)14(10,3)6-7-15(13)8-12(15)9-16/h9-10,12-13H,2,4-8H2,1,3H3/t10-,12-,13-,14+,15+/m1/s1. The third-order valence-corrected chi connectivity index (χ3v) is 6.28. The minimum Gasteiger partial charge on any atom is -0.303 e. The minimum absolute atomic E-state index is 0.354. The number of hydrogen-bond donors (Lipinski definition) is 0. The molecule has 3 fully saturated rings. The quantitative estimate of drug-likeness (QED) is 0.485. The van der Waals surface area contributed by atoms with Gasteiger partial charge in [-0.3, -0.25) is 0 Å². The maximum Gasteiger partial charge on any atom is 0.123 e. The van der Waals surface area contributed by atoms with Crippen LogP contribution in [0.4, 0.5) is 0 Å². The molecule has 1 heteroatoms. The van der Waals surface area contributed by atoms with Crippen LogP contribution in [0.15, 0.2) is 12.2 Å². The molecule has 0 amide bonds. The molecular weight excluding hydrogens is 196 g/mol. The second-order valence-corrected chi connectivity index (χ2v) is 6.65. The van der Waals surface area contributed by atoms with E-state index in [9.17, 15) is 4.79 Å². The molecule has 0 heterocycles. The van der Waals surface area contributed by atoms with Gasteiger partial charge in [-0.1, -0.05) is 26.0 Å². The number of allylic oxidation sites excluding steroid dienone is 1. The molecule has 3 aliphatic carbocycles. The van der Waals surface area contributed by atoms with E-state index >= 15 is 0 Å². The molecule has 0 N–H and O–H groups in total. The Bertz CT molecular complexity index is 358. The first-order valence-electron chi connectivity index (χ1n) is 6.69. The van der Waals surface area contributed by atoms with E-state index in [2.05, 4.69) is 20.4 Å². The highest BCUT2D eigenvalue weighted by atomic mass is 16.1. The molecule has 1 spiro atoms. The number of carbonyl (C=O) groups is 1. The van der Waals surface area contributed by atoms with Gasteiger partial charge in [-0.2, -0.15) is 0 Å². The summed E-state index contributed by atoms with van der Waals surface area (Å²) < 4.78 is 0. The Kier molecular flexibility index (Phi) is 1.98. The fourth-order valence-corrected chi connectivity index (χ4v) is 4.55. The number of hydrogen-bond acceptors (Lipinski definition) is 1. The zero-order valence-corrected chi connectivity index (χ0v) is 10.5. The van der Waals surface area contributed by atoms with Crippen molar-refractivity contribution in [3.05, 3.63) is 12.2 Å². The number of aldehydes is 1. The predicted octanol–water partition coefficient (Wildman–Crippen LogP) is 3.59. The van der Waals surface area contributed by atoms with Gasteiger partial charge in [-0.05, 0) is 54.8 Å². The summed E-state index contributed by atoms with van der Waals surface area (Å²) in [4.78, 5) is 11.0. The monoisotopic (exact) mass is 218 g/mol. The summed E-state index contributed by atoms with van der Waals surface area (Å²) in [5.41, 5.74) is 2.20. The van der Waals surface area contributed by atoms with Crippen LogP contribution in [-0.2, 0) is 4.79 Å². The van der Waals surface area contributed by atoms with E-state index in [1.165, 1.54) is 37.5 Å². The smallest absolute Gasteiger partial charge is 0.123 e. The molecule has 3 saturated carbocycles. The highest BCUT2D eigenvalue weighted by Crippen LogP contribution is 2.71. The van der Waals surface area contributed by atoms with Gasteiger partial charge in [0.2, 0.25) is 0 Å². The van der Waals surface area contributed by atoms with Gasteiger partial charge in [-0.15, -0.1) is 0 Å². The normalized spacial score (nSPS) is 55.1. The molecule has 0 aliphatic heterocycles. The molecular formula is C15H22O. The molecule has 5 atom stereocenters. The SMILES string of the molecule is C=C1[C@H]2CC[C@@H](C)[C@]1(C)CC[C@@]21C[C@@H]1C=O. The van der Waals surface area contributed by atoms with Crippen LogP contribution in [0, 0.1) is 28.6 Å². The van der Waals surface area contributed by atoms with E-state index in [4.69, 9.17) is 0 Å². The van der Waals surface area contributed by atoms with Gasteiger partial charge < -0.3 is 4.79 Å². The maximum absolute atomic E-state index is 11.0. The molecule has 3 rings (SSSR count). The second kappa shape index (κ2) is 3.00. The molecule has 0 aromatic rings. The van der Waals surface area contributed by atoms with Gasteiger partial charge in [0, 0.05) is 5.92 Å². The second-order valence-electron chi connectivity index (χ2n) is 6.65. The lowest BCUT2D eigenvalue weighted by Crippen LogP contribution is -2.44. The van der Waals surface area contributed by atoms with Gasteiger partial charge in [-0.25, -0.2) is 0 Å². The molecule has 0 unspecified atom stereocenters. The number of carbonyl (C=O) groups excluding carboxylic acids is 1. The number of fused-ring (bicyclic) bond motifs is 3.